The molecule has 1 aliphatic rings. The minimum atomic E-state index is -1.14. The van der Waals surface area contributed by atoms with E-state index in [0.29, 0.717) is 18.0 Å². The van der Waals surface area contributed by atoms with Gasteiger partial charge < -0.3 is 14.8 Å². The summed E-state index contributed by atoms with van der Waals surface area (Å²) in [6.45, 7) is 3.00. The number of aryl methyl sites for hydroxylation is 1. The second-order valence-corrected chi connectivity index (χ2v) is 6.55. The van der Waals surface area contributed by atoms with Crippen molar-refractivity contribution in [3.8, 4) is 5.75 Å². The van der Waals surface area contributed by atoms with Gasteiger partial charge in [0.05, 0.1) is 22.4 Å². The van der Waals surface area contributed by atoms with Crippen LogP contribution in [0.5, 0.6) is 5.75 Å². The van der Waals surface area contributed by atoms with E-state index in [-0.39, 0.29) is 16.7 Å². The summed E-state index contributed by atoms with van der Waals surface area (Å²) in [5.74, 6) is -2.42. The predicted molar refractivity (Wildman–Crippen MR) is 95.0 cm³/mol. The maximum absolute atomic E-state index is 13.4. The quantitative estimate of drug-likeness (QED) is 0.761. The lowest BCUT2D eigenvalue weighted by molar-refractivity contribution is 0.0681. The van der Waals surface area contributed by atoms with Crippen LogP contribution in [-0.2, 0) is 4.74 Å². The molecule has 1 fully saturated rings. The van der Waals surface area contributed by atoms with Gasteiger partial charge in [0.25, 0.3) is 5.91 Å². The number of halogens is 3. The van der Waals surface area contributed by atoms with Gasteiger partial charge in [-0.15, -0.1) is 0 Å². The minimum Gasteiger partial charge on any atom is -0.489 e. The second kappa shape index (κ2) is 8.01. The maximum Gasteiger partial charge on any atom is 0.257 e. The molecule has 2 aromatic rings. The molecule has 0 spiro atoms. The van der Waals surface area contributed by atoms with Crippen LogP contribution in [0.1, 0.15) is 28.8 Å². The monoisotopic (exact) mass is 381 g/mol. The number of carbonyl (C=O) groups excluding carboxylic acids is 1. The first-order valence-electron chi connectivity index (χ1n) is 8.25. The Kier molecular flexibility index (Phi) is 5.74. The highest BCUT2D eigenvalue weighted by Crippen LogP contribution is 2.28. The first kappa shape index (κ1) is 18.6. The average molecular weight is 382 g/mol. The summed E-state index contributed by atoms with van der Waals surface area (Å²) < 4.78 is 37.9. The van der Waals surface area contributed by atoms with Gasteiger partial charge in [0.15, 0.2) is 11.6 Å². The van der Waals surface area contributed by atoms with Crippen LogP contribution < -0.4 is 10.1 Å². The molecule has 7 heteroatoms. The average Bonchev–Trinajstić information content (AvgIpc) is 3.11. The molecule has 4 nitrogen and oxygen atoms in total. The van der Waals surface area contributed by atoms with Crippen LogP contribution >= 0.6 is 11.6 Å². The molecular formula is C19H18ClF2NO3. The highest BCUT2D eigenvalue weighted by molar-refractivity contribution is 6.34. The van der Waals surface area contributed by atoms with Gasteiger partial charge in [-0.3, -0.25) is 4.79 Å². The van der Waals surface area contributed by atoms with Crippen LogP contribution in [0.2, 0.25) is 5.02 Å². The van der Waals surface area contributed by atoms with Gasteiger partial charge in [-0.25, -0.2) is 8.78 Å². The van der Waals surface area contributed by atoms with E-state index < -0.39 is 17.5 Å². The zero-order valence-electron chi connectivity index (χ0n) is 14.2. The van der Waals surface area contributed by atoms with Crippen molar-refractivity contribution >= 4 is 23.2 Å². The van der Waals surface area contributed by atoms with Crippen molar-refractivity contribution in [2.75, 3.05) is 18.5 Å². The number of nitrogens with one attached hydrogen (secondary N) is 1. The van der Waals surface area contributed by atoms with Gasteiger partial charge in [-0.2, -0.15) is 0 Å². The Bertz CT molecular complexity index is 823. The maximum atomic E-state index is 13.4. The van der Waals surface area contributed by atoms with Crippen molar-refractivity contribution in [3.63, 3.8) is 0 Å². The largest absolute Gasteiger partial charge is 0.489 e. The Morgan fingerprint density at radius 3 is 2.81 bits per heavy atom. The van der Waals surface area contributed by atoms with Crippen LogP contribution in [0.3, 0.4) is 0 Å². The summed E-state index contributed by atoms with van der Waals surface area (Å²) in [5.41, 5.74) is 1.21. The van der Waals surface area contributed by atoms with Gasteiger partial charge in [0, 0.05) is 6.61 Å². The van der Waals surface area contributed by atoms with Crippen LogP contribution in [0.15, 0.2) is 30.3 Å². The van der Waals surface area contributed by atoms with E-state index >= 15 is 0 Å². The number of benzene rings is 2. The fourth-order valence-corrected chi connectivity index (χ4v) is 2.93. The summed E-state index contributed by atoms with van der Waals surface area (Å²) in [5, 5.41) is 2.47. The molecule has 1 aliphatic heterocycles. The standard InChI is InChI=1S/C19H18ClF2NO3/c1-11-4-5-17(18(7-11)26-10-12-3-2-6-25-12)23-19(24)13-8-15(21)16(22)9-14(13)20/h4-5,7-9,12H,2-3,6,10H2,1H3,(H,23,24). The van der Waals surface area contributed by atoms with Crippen molar-refractivity contribution in [1.82, 2.24) is 0 Å². The third-order valence-corrected chi connectivity index (χ3v) is 4.40. The van der Waals surface area contributed by atoms with Crippen molar-refractivity contribution in [2.45, 2.75) is 25.9 Å². The van der Waals surface area contributed by atoms with Gasteiger partial charge in [-0.1, -0.05) is 17.7 Å². The topological polar surface area (TPSA) is 47.6 Å². The Morgan fingerprint density at radius 1 is 1.31 bits per heavy atom. The van der Waals surface area contributed by atoms with E-state index in [2.05, 4.69) is 5.32 Å². The lowest BCUT2D eigenvalue weighted by Crippen LogP contribution is -2.18. The summed E-state index contributed by atoms with van der Waals surface area (Å²) in [4.78, 5) is 12.4. The van der Waals surface area contributed by atoms with Crippen LogP contribution in [0.25, 0.3) is 0 Å². The third kappa shape index (κ3) is 4.31. The predicted octanol–water partition coefficient (Wildman–Crippen LogP) is 4.74. The lowest BCUT2D eigenvalue weighted by atomic mass is 10.1. The molecule has 2 aromatic carbocycles. The number of carbonyl (C=O) groups is 1. The van der Waals surface area contributed by atoms with Gasteiger partial charge in [0.2, 0.25) is 0 Å². The molecule has 1 heterocycles. The summed E-state index contributed by atoms with van der Waals surface area (Å²) >= 11 is 5.86. The SMILES string of the molecule is Cc1ccc(NC(=O)c2cc(F)c(F)cc2Cl)c(OCC2CCCO2)c1. The molecule has 1 atom stereocenters. The molecule has 0 bridgehead atoms. The molecule has 0 aromatic heterocycles. The summed E-state index contributed by atoms with van der Waals surface area (Å²) in [6.07, 6.45) is 1.96. The van der Waals surface area contributed by atoms with E-state index in [1.807, 2.05) is 6.92 Å². The fraction of sp³-hybridized carbons (Fsp3) is 0.316. The Labute approximate surface area is 155 Å². The molecule has 0 aliphatic carbocycles. The smallest absolute Gasteiger partial charge is 0.257 e. The molecule has 3 rings (SSSR count). The number of hydrogen-bond donors (Lipinski definition) is 1. The number of ether oxygens (including phenoxy) is 2. The second-order valence-electron chi connectivity index (χ2n) is 6.15. The highest BCUT2D eigenvalue weighted by atomic mass is 35.5. The Hall–Kier alpha value is -2.18. The zero-order chi connectivity index (χ0) is 18.7. The van der Waals surface area contributed by atoms with Gasteiger partial charge >= 0.3 is 0 Å². The molecule has 1 amide bonds. The highest BCUT2D eigenvalue weighted by Gasteiger charge is 2.19. The van der Waals surface area contributed by atoms with E-state index in [9.17, 15) is 13.6 Å². The van der Waals surface area contributed by atoms with Crippen LogP contribution in [0, 0.1) is 18.6 Å². The van der Waals surface area contributed by atoms with Crippen molar-refractivity contribution in [1.29, 1.82) is 0 Å². The van der Waals surface area contributed by atoms with Crippen LogP contribution in [0.4, 0.5) is 14.5 Å². The van der Waals surface area contributed by atoms with E-state index in [4.69, 9.17) is 21.1 Å². The molecule has 138 valence electrons. The molecule has 0 saturated carbocycles. The molecule has 0 radical (unpaired) electrons. The van der Waals surface area contributed by atoms with E-state index in [1.54, 1.807) is 18.2 Å². The lowest BCUT2D eigenvalue weighted by Gasteiger charge is -2.16. The molecule has 1 unspecified atom stereocenters. The van der Waals surface area contributed by atoms with Crippen LogP contribution in [-0.4, -0.2) is 25.2 Å². The first-order chi connectivity index (χ1) is 12.4. The molecule has 26 heavy (non-hydrogen) atoms. The normalized spacial score (nSPS) is 16.5. The molecule has 1 N–H and O–H groups in total. The number of hydrogen-bond acceptors (Lipinski definition) is 3. The fourth-order valence-electron chi connectivity index (χ4n) is 2.70. The molecular weight excluding hydrogens is 364 g/mol. The van der Waals surface area contributed by atoms with Crippen molar-refractivity contribution in [3.05, 3.63) is 58.1 Å². The summed E-state index contributed by atoms with van der Waals surface area (Å²) in [6, 6.07) is 6.83. The first-order valence-corrected chi connectivity index (χ1v) is 8.63. The summed E-state index contributed by atoms with van der Waals surface area (Å²) in [7, 11) is 0. The zero-order valence-corrected chi connectivity index (χ0v) is 14.9. The Morgan fingerprint density at radius 2 is 2.08 bits per heavy atom. The third-order valence-electron chi connectivity index (χ3n) is 4.09. The minimum absolute atomic E-state index is 0.0275. The van der Waals surface area contributed by atoms with Gasteiger partial charge in [0.1, 0.15) is 12.4 Å². The van der Waals surface area contributed by atoms with Gasteiger partial charge in [-0.05, 0) is 49.6 Å². The number of amides is 1. The van der Waals surface area contributed by atoms with E-state index in [0.717, 1.165) is 37.1 Å². The van der Waals surface area contributed by atoms with Crippen molar-refractivity contribution in [2.24, 2.45) is 0 Å². The molecule has 1 saturated heterocycles. The van der Waals surface area contributed by atoms with Crippen molar-refractivity contribution < 1.29 is 23.0 Å². The van der Waals surface area contributed by atoms with E-state index in [1.165, 1.54) is 0 Å². The number of rotatable bonds is 5. The number of anilines is 1. The Balaban J connectivity index is 1.78.